The zero-order valence-corrected chi connectivity index (χ0v) is 14.0. The van der Waals surface area contributed by atoms with Gasteiger partial charge in [-0.2, -0.15) is 17.9 Å². The summed E-state index contributed by atoms with van der Waals surface area (Å²) in [7, 11) is -3.77. The van der Waals surface area contributed by atoms with E-state index in [0.29, 0.717) is 17.7 Å². The van der Waals surface area contributed by atoms with Gasteiger partial charge in [-0.05, 0) is 36.8 Å². The minimum absolute atomic E-state index is 0.184. The Morgan fingerprint density at radius 3 is 2.38 bits per heavy atom. The summed E-state index contributed by atoms with van der Waals surface area (Å²) >= 11 is 0. The van der Waals surface area contributed by atoms with Crippen LogP contribution in [0.5, 0.6) is 0 Å². The van der Waals surface area contributed by atoms with Gasteiger partial charge in [-0.15, -0.1) is 6.58 Å². The summed E-state index contributed by atoms with van der Waals surface area (Å²) in [6, 6.07) is 12.0. The molecular formula is C18H17FN2O2S. The molecule has 1 aliphatic rings. The van der Waals surface area contributed by atoms with E-state index in [-0.39, 0.29) is 10.7 Å². The Balaban J connectivity index is 2.00. The molecule has 0 spiro atoms. The van der Waals surface area contributed by atoms with E-state index in [1.54, 1.807) is 42.5 Å². The Bertz CT molecular complexity index is 888. The molecule has 0 radical (unpaired) electrons. The summed E-state index contributed by atoms with van der Waals surface area (Å²) in [5, 5.41) is 4.28. The van der Waals surface area contributed by atoms with Crippen molar-refractivity contribution >= 4 is 15.7 Å². The van der Waals surface area contributed by atoms with E-state index in [1.807, 2.05) is 6.92 Å². The second kappa shape index (κ2) is 6.20. The lowest BCUT2D eigenvalue weighted by Gasteiger charge is -2.20. The predicted molar refractivity (Wildman–Crippen MR) is 91.7 cm³/mol. The molecule has 2 aromatic rings. The highest BCUT2D eigenvalue weighted by atomic mass is 32.2. The van der Waals surface area contributed by atoms with E-state index in [2.05, 4.69) is 11.7 Å². The van der Waals surface area contributed by atoms with Gasteiger partial charge >= 0.3 is 0 Å². The fraction of sp³-hybridized carbons (Fsp3) is 0.167. The number of hydrazone groups is 1. The van der Waals surface area contributed by atoms with Crippen LogP contribution < -0.4 is 0 Å². The standard InChI is InChI=1S/C18H17FN2O2S/c1-3-16-12-18(14-6-8-15(19)9-7-14)20-21(16)24(22,23)17-10-4-13(2)5-11-17/h3-11,16H,1,12H2,2H3/t16-/m0/s1. The molecule has 0 N–H and O–H groups in total. The lowest BCUT2D eigenvalue weighted by Crippen LogP contribution is -2.31. The number of aryl methyl sites for hydroxylation is 1. The third kappa shape index (κ3) is 2.97. The summed E-state index contributed by atoms with van der Waals surface area (Å²) in [5.41, 5.74) is 2.27. The maximum atomic E-state index is 13.1. The second-order valence-electron chi connectivity index (χ2n) is 5.65. The molecule has 0 aromatic heterocycles. The first-order valence-corrected chi connectivity index (χ1v) is 8.93. The number of sulfonamides is 1. The lowest BCUT2D eigenvalue weighted by atomic mass is 10.0. The van der Waals surface area contributed by atoms with E-state index >= 15 is 0 Å². The summed E-state index contributed by atoms with van der Waals surface area (Å²) in [6.45, 7) is 5.61. The van der Waals surface area contributed by atoms with Crippen molar-refractivity contribution in [2.24, 2.45) is 5.10 Å². The summed E-state index contributed by atoms with van der Waals surface area (Å²) in [5.74, 6) is -0.346. The van der Waals surface area contributed by atoms with Crippen molar-refractivity contribution in [2.45, 2.75) is 24.3 Å². The third-order valence-corrected chi connectivity index (χ3v) is 5.63. The molecule has 1 atom stereocenters. The van der Waals surface area contributed by atoms with Crippen LogP contribution in [-0.4, -0.2) is 24.6 Å². The Morgan fingerprint density at radius 1 is 1.17 bits per heavy atom. The molecule has 0 aliphatic carbocycles. The lowest BCUT2D eigenvalue weighted by molar-refractivity contribution is 0.409. The fourth-order valence-electron chi connectivity index (χ4n) is 2.55. The monoisotopic (exact) mass is 344 g/mol. The molecule has 4 nitrogen and oxygen atoms in total. The van der Waals surface area contributed by atoms with Gasteiger partial charge in [0.1, 0.15) is 5.82 Å². The maximum Gasteiger partial charge on any atom is 0.279 e. The number of halogens is 1. The number of benzene rings is 2. The van der Waals surface area contributed by atoms with Crippen LogP contribution in [0.1, 0.15) is 17.5 Å². The highest BCUT2D eigenvalue weighted by Gasteiger charge is 2.35. The van der Waals surface area contributed by atoms with E-state index in [0.717, 1.165) is 9.98 Å². The van der Waals surface area contributed by atoms with Crippen LogP contribution in [0.2, 0.25) is 0 Å². The van der Waals surface area contributed by atoms with Gasteiger partial charge in [0.15, 0.2) is 0 Å². The van der Waals surface area contributed by atoms with E-state index < -0.39 is 16.1 Å². The molecule has 0 unspecified atom stereocenters. The van der Waals surface area contributed by atoms with Gasteiger partial charge in [0.25, 0.3) is 10.0 Å². The average Bonchev–Trinajstić information content (AvgIpc) is 3.01. The predicted octanol–water partition coefficient (Wildman–Crippen LogP) is 3.49. The van der Waals surface area contributed by atoms with Crippen molar-refractivity contribution in [2.75, 3.05) is 0 Å². The molecule has 124 valence electrons. The van der Waals surface area contributed by atoms with E-state index in [9.17, 15) is 12.8 Å². The first-order valence-electron chi connectivity index (χ1n) is 7.49. The average molecular weight is 344 g/mol. The van der Waals surface area contributed by atoms with Crippen molar-refractivity contribution in [3.8, 4) is 0 Å². The first-order chi connectivity index (χ1) is 11.4. The van der Waals surface area contributed by atoms with Crippen LogP contribution in [-0.2, 0) is 10.0 Å². The van der Waals surface area contributed by atoms with Crippen molar-refractivity contribution in [3.63, 3.8) is 0 Å². The molecule has 24 heavy (non-hydrogen) atoms. The maximum absolute atomic E-state index is 13.1. The molecule has 1 heterocycles. The highest BCUT2D eigenvalue weighted by molar-refractivity contribution is 7.89. The first kappa shape index (κ1) is 16.4. The minimum Gasteiger partial charge on any atom is -0.207 e. The Labute approximate surface area is 141 Å². The van der Waals surface area contributed by atoms with Gasteiger partial charge in [0, 0.05) is 6.42 Å². The van der Waals surface area contributed by atoms with Gasteiger partial charge in [0.2, 0.25) is 0 Å². The number of hydrogen-bond donors (Lipinski definition) is 0. The topological polar surface area (TPSA) is 49.7 Å². The SMILES string of the molecule is C=C[C@H]1CC(c2ccc(F)cc2)=NN1S(=O)(=O)c1ccc(C)cc1. The van der Waals surface area contributed by atoms with Crippen LogP contribution in [0.15, 0.2) is 71.2 Å². The van der Waals surface area contributed by atoms with E-state index in [4.69, 9.17) is 0 Å². The van der Waals surface area contributed by atoms with Gasteiger partial charge in [-0.3, -0.25) is 0 Å². The van der Waals surface area contributed by atoms with Crippen molar-refractivity contribution in [1.29, 1.82) is 0 Å². The Morgan fingerprint density at radius 2 is 1.79 bits per heavy atom. The molecule has 6 heteroatoms. The second-order valence-corrected chi connectivity index (χ2v) is 7.45. The number of rotatable bonds is 4. The molecule has 0 bridgehead atoms. The third-order valence-electron chi connectivity index (χ3n) is 3.92. The molecule has 0 saturated carbocycles. The zero-order valence-electron chi connectivity index (χ0n) is 13.2. The van der Waals surface area contributed by atoms with E-state index in [1.165, 1.54) is 12.1 Å². The van der Waals surface area contributed by atoms with Gasteiger partial charge < -0.3 is 0 Å². The number of hydrogen-bond acceptors (Lipinski definition) is 3. The Kier molecular flexibility index (Phi) is 4.24. The molecule has 0 saturated heterocycles. The molecule has 1 aliphatic heterocycles. The van der Waals surface area contributed by atoms with Gasteiger partial charge in [-0.25, -0.2) is 4.39 Å². The van der Waals surface area contributed by atoms with Gasteiger partial charge in [0.05, 0.1) is 16.6 Å². The number of nitrogens with zero attached hydrogens (tertiary/aromatic N) is 2. The van der Waals surface area contributed by atoms with Gasteiger partial charge in [-0.1, -0.05) is 35.9 Å². The molecule has 0 fully saturated rings. The largest absolute Gasteiger partial charge is 0.279 e. The van der Waals surface area contributed by atoms with Crippen LogP contribution in [0.3, 0.4) is 0 Å². The summed E-state index contributed by atoms with van der Waals surface area (Å²) < 4.78 is 39.9. The minimum atomic E-state index is -3.77. The molecule has 2 aromatic carbocycles. The summed E-state index contributed by atoms with van der Waals surface area (Å²) in [6.07, 6.45) is 1.96. The fourth-order valence-corrected chi connectivity index (χ4v) is 3.97. The van der Waals surface area contributed by atoms with Crippen LogP contribution in [0.4, 0.5) is 4.39 Å². The van der Waals surface area contributed by atoms with Crippen LogP contribution in [0, 0.1) is 12.7 Å². The normalized spacial score (nSPS) is 17.7. The smallest absolute Gasteiger partial charge is 0.207 e. The van der Waals surface area contributed by atoms with Crippen molar-refractivity contribution in [3.05, 3.63) is 78.1 Å². The quantitative estimate of drug-likeness (QED) is 0.797. The molecule has 3 rings (SSSR count). The van der Waals surface area contributed by atoms with Crippen molar-refractivity contribution in [1.82, 2.24) is 4.41 Å². The zero-order chi connectivity index (χ0) is 17.3. The molecular weight excluding hydrogens is 327 g/mol. The Hall–Kier alpha value is -2.47. The van der Waals surface area contributed by atoms with Crippen molar-refractivity contribution < 1.29 is 12.8 Å². The molecule has 0 amide bonds. The van der Waals surface area contributed by atoms with Crippen LogP contribution in [0.25, 0.3) is 0 Å². The summed E-state index contributed by atoms with van der Waals surface area (Å²) in [4.78, 5) is 0.184. The van der Waals surface area contributed by atoms with Crippen LogP contribution >= 0.6 is 0 Å². The highest BCUT2D eigenvalue weighted by Crippen LogP contribution is 2.28.